The highest BCUT2D eigenvalue weighted by Gasteiger charge is 2.23. The average Bonchev–Trinajstić information content (AvgIpc) is 2.80. The zero-order valence-corrected chi connectivity index (χ0v) is 12.1. The summed E-state index contributed by atoms with van der Waals surface area (Å²) in [5, 5.41) is 13.3. The lowest BCUT2D eigenvalue weighted by atomic mass is 10.2. The zero-order valence-electron chi connectivity index (χ0n) is 12.1. The molecule has 0 saturated heterocycles. The van der Waals surface area contributed by atoms with E-state index in [9.17, 15) is 14.4 Å². The number of carbonyl (C=O) groups is 3. The van der Waals surface area contributed by atoms with E-state index in [0.717, 1.165) is 0 Å². The Morgan fingerprint density at radius 3 is 2.62 bits per heavy atom. The van der Waals surface area contributed by atoms with E-state index in [4.69, 9.17) is 14.3 Å². The first-order chi connectivity index (χ1) is 9.88. The van der Waals surface area contributed by atoms with Gasteiger partial charge >= 0.3 is 12.0 Å². The Kier molecular flexibility index (Phi) is 5.92. The largest absolute Gasteiger partial charge is 0.463 e. The van der Waals surface area contributed by atoms with Crippen LogP contribution in [-0.4, -0.2) is 35.7 Å². The number of hydrogen-bond acceptors (Lipinski definition) is 6. The van der Waals surface area contributed by atoms with Crippen molar-refractivity contribution in [1.82, 2.24) is 10.6 Å². The molecular weight excluding hydrogens is 280 g/mol. The van der Waals surface area contributed by atoms with Crippen LogP contribution >= 0.6 is 0 Å². The number of furan rings is 1. The third-order valence-corrected chi connectivity index (χ3v) is 2.57. The van der Waals surface area contributed by atoms with Gasteiger partial charge in [-0.15, -0.1) is 0 Å². The number of amides is 3. The van der Waals surface area contributed by atoms with Gasteiger partial charge in [-0.2, -0.15) is 0 Å². The Balaban J connectivity index is 2.62. The molecule has 1 aromatic rings. The Labute approximate surface area is 121 Å². The Morgan fingerprint density at radius 1 is 1.43 bits per heavy atom. The third kappa shape index (κ3) is 4.60. The summed E-state index contributed by atoms with van der Waals surface area (Å²) < 4.78 is 10.1. The lowest BCUT2D eigenvalue weighted by Gasteiger charge is -2.12. The van der Waals surface area contributed by atoms with E-state index in [-0.39, 0.29) is 23.7 Å². The number of aryl methyl sites for hydroxylation is 1. The zero-order chi connectivity index (χ0) is 16.0. The standard InChI is InChI=1S/C13H18N2O6/c1-4-14-13(19)15-11(17)8(3)21-12(18)10-5-9(6-16)20-7(10)2/h5,8,16H,4,6H2,1-3H3,(H2,14,15,17,19)/t8-/m1/s1. The number of nitrogens with one attached hydrogen (secondary N) is 2. The molecule has 21 heavy (non-hydrogen) atoms. The van der Waals surface area contributed by atoms with Gasteiger partial charge in [-0.25, -0.2) is 9.59 Å². The number of aliphatic hydroxyl groups excluding tert-OH is 1. The highest BCUT2D eigenvalue weighted by molar-refractivity contribution is 5.98. The van der Waals surface area contributed by atoms with Gasteiger partial charge in [0.05, 0.1) is 0 Å². The van der Waals surface area contributed by atoms with Crippen molar-refractivity contribution in [3.8, 4) is 0 Å². The van der Waals surface area contributed by atoms with Gasteiger partial charge < -0.3 is 19.6 Å². The number of esters is 1. The van der Waals surface area contributed by atoms with Gasteiger partial charge in [-0.3, -0.25) is 10.1 Å². The van der Waals surface area contributed by atoms with Crippen molar-refractivity contribution in [2.45, 2.75) is 33.5 Å². The highest BCUT2D eigenvalue weighted by Crippen LogP contribution is 2.16. The average molecular weight is 298 g/mol. The summed E-state index contributed by atoms with van der Waals surface area (Å²) in [5.41, 5.74) is 0.122. The lowest BCUT2D eigenvalue weighted by molar-refractivity contribution is -0.127. The summed E-state index contributed by atoms with van der Waals surface area (Å²) >= 11 is 0. The highest BCUT2D eigenvalue weighted by atomic mass is 16.5. The van der Waals surface area contributed by atoms with E-state index >= 15 is 0 Å². The van der Waals surface area contributed by atoms with Crippen LogP contribution in [0, 0.1) is 6.92 Å². The molecule has 0 radical (unpaired) electrons. The summed E-state index contributed by atoms with van der Waals surface area (Å²) in [6.07, 6.45) is -1.15. The van der Waals surface area contributed by atoms with Gasteiger partial charge in [-0.1, -0.05) is 0 Å². The SMILES string of the molecule is CCNC(=O)NC(=O)[C@@H](C)OC(=O)c1cc(CO)oc1C. The van der Waals surface area contributed by atoms with E-state index in [1.807, 2.05) is 5.32 Å². The van der Waals surface area contributed by atoms with E-state index in [1.165, 1.54) is 19.9 Å². The minimum atomic E-state index is -1.15. The molecule has 0 aliphatic rings. The molecule has 3 amide bonds. The van der Waals surface area contributed by atoms with Gasteiger partial charge in [0.15, 0.2) is 6.10 Å². The van der Waals surface area contributed by atoms with Gasteiger partial charge in [0.2, 0.25) is 0 Å². The number of rotatable bonds is 5. The Hall–Kier alpha value is -2.35. The molecule has 0 fully saturated rings. The second-order valence-electron chi connectivity index (χ2n) is 4.24. The predicted molar refractivity (Wildman–Crippen MR) is 71.5 cm³/mol. The fourth-order valence-corrected chi connectivity index (χ4v) is 1.52. The number of imide groups is 1. The van der Waals surface area contributed by atoms with Crippen molar-refractivity contribution in [3.63, 3.8) is 0 Å². The van der Waals surface area contributed by atoms with Crippen molar-refractivity contribution in [3.05, 3.63) is 23.2 Å². The summed E-state index contributed by atoms with van der Waals surface area (Å²) in [6, 6.07) is 0.680. The minimum absolute atomic E-state index is 0.122. The smallest absolute Gasteiger partial charge is 0.342 e. The number of hydrogen-bond donors (Lipinski definition) is 3. The van der Waals surface area contributed by atoms with Crippen LogP contribution in [0.15, 0.2) is 10.5 Å². The molecule has 0 aromatic carbocycles. The Morgan fingerprint density at radius 2 is 2.10 bits per heavy atom. The summed E-state index contributed by atoms with van der Waals surface area (Å²) in [7, 11) is 0. The molecule has 0 aliphatic heterocycles. The summed E-state index contributed by atoms with van der Waals surface area (Å²) in [4.78, 5) is 34.7. The van der Waals surface area contributed by atoms with Crippen molar-refractivity contribution >= 4 is 17.9 Å². The molecule has 8 nitrogen and oxygen atoms in total. The maximum atomic E-state index is 11.9. The van der Waals surface area contributed by atoms with Gasteiger partial charge in [0.25, 0.3) is 5.91 Å². The van der Waals surface area contributed by atoms with Crippen LogP contribution in [0.4, 0.5) is 4.79 Å². The molecule has 0 spiro atoms. The van der Waals surface area contributed by atoms with E-state index in [0.29, 0.717) is 6.54 Å². The quantitative estimate of drug-likeness (QED) is 0.680. The van der Waals surface area contributed by atoms with E-state index < -0.39 is 24.0 Å². The lowest BCUT2D eigenvalue weighted by Crippen LogP contribution is -2.44. The molecule has 0 aliphatic carbocycles. The van der Waals surface area contributed by atoms with Crippen molar-refractivity contribution < 1.29 is 28.6 Å². The topological polar surface area (TPSA) is 118 Å². The fourth-order valence-electron chi connectivity index (χ4n) is 1.52. The number of urea groups is 1. The van der Waals surface area contributed by atoms with Crippen molar-refractivity contribution in [2.75, 3.05) is 6.54 Å². The predicted octanol–water partition coefficient (Wildman–Crippen LogP) is 0.471. The molecule has 1 heterocycles. The Bertz CT molecular complexity index is 537. The molecule has 1 rings (SSSR count). The van der Waals surface area contributed by atoms with Crippen LogP contribution in [0.3, 0.4) is 0 Å². The van der Waals surface area contributed by atoms with E-state index in [1.54, 1.807) is 6.92 Å². The number of ether oxygens (including phenoxy) is 1. The first-order valence-electron chi connectivity index (χ1n) is 6.38. The second-order valence-corrected chi connectivity index (χ2v) is 4.24. The first-order valence-corrected chi connectivity index (χ1v) is 6.38. The molecule has 3 N–H and O–H groups in total. The molecule has 0 unspecified atom stereocenters. The molecule has 116 valence electrons. The summed E-state index contributed by atoms with van der Waals surface area (Å²) in [5.74, 6) is -1.01. The van der Waals surface area contributed by atoms with Gasteiger partial charge in [-0.05, 0) is 26.8 Å². The van der Waals surface area contributed by atoms with Crippen LogP contribution in [0.25, 0.3) is 0 Å². The first kappa shape index (κ1) is 16.7. The van der Waals surface area contributed by atoms with Crippen LogP contribution in [0.1, 0.15) is 35.7 Å². The van der Waals surface area contributed by atoms with Crippen molar-refractivity contribution in [2.24, 2.45) is 0 Å². The second kappa shape index (κ2) is 7.44. The van der Waals surface area contributed by atoms with Gasteiger partial charge in [0.1, 0.15) is 23.7 Å². The maximum Gasteiger partial charge on any atom is 0.342 e. The molecule has 1 atom stereocenters. The molecule has 0 bridgehead atoms. The van der Waals surface area contributed by atoms with Crippen LogP contribution < -0.4 is 10.6 Å². The van der Waals surface area contributed by atoms with Crippen LogP contribution in [0.2, 0.25) is 0 Å². The summed E-state index contributed by atoms with van der Waals surface area (Å²) in [6.45, 7) is 4.60. The van der Waals surface area contributed by atoms with Crippen LogP contribution in [-0.2, 0) is 16.1 Å². The normalized spacial score (nSPS) is 11.6. The third-order valence-electron chi connectivity index (χ3n) is 2.57. The maximum absolute atomic E-state index is 11.9. The number of aliphatic hydroxyl groups is 1. The molecule has 1 aromatic heterocycles. The molecular formula is C13H18N2O6. The van der Waals surface area contributed by atoms with E-state index in [2.05, 4.69) is 5.32 Å². The monoisotopic (exact) mass is 298 g/mol. The fraction of sp³-hybridized carbons (Fsp3) is 0.462. The van der Waals surface area contributed by atoms with Crippen LogP contribution in [0.5, 0.6) is 0 Å². The number of carbonyl (C=O) groups excluding carboxylic acids is 3. The van der Waals surface area contributed by atoms with Crippen molar-refractivity contribution in [1.29, 1.82) is 0 Å². The minimum Gasteiger partial charge on any atom is -0.463 e. The molecule has 8 heteroatoms. The van der Waals surface area contributed by atoms with Gasteiger partial charge in [0, 0.05) is 6.54 Å². The molecule has 0 saturated carbocycles.